The molecule has 156 valence electrons. The summed E-state index contributed by atoms with van der Waals surface area (Å²) in [5.74, 6) is 1.12. The third-order valence-electron chi connectivity index (χ3n) is 5.18. The number of nitrogens with zero attached hydrogens (tertiary/aromatic N) is 6. The first-order valence-electron chi connectivity index (χ1n) is 9.86. The molecule has 0 amide bonds. The van der Waals surface area contributed by atoms with Gasteiger partial charge >= 0.3 is 5.84 Å². The number of aryl methyl sites for hydroxylation is 2. The smallest absolute Gasteiger partial charge is 0.318 e. The quantitative estimate of drug-likeness (QED) is 0.515. The normalized spacial score (nSPS) is 16.1. The second kappa shape index (κ2) is 7.28. The lowest BCUT2D eigenvalue weighted by Crippen LogP contribution is -2.44. The van der Waals surface area contributed by atoms with Crippen LogP contribution in [0.25, 0.3) is 11.3 Å². The zero-order chi connectivity index (χ0) is 21.5. The van der Waals surface area contributed by atoms with E-state index in [0.29, 0.717) is 23.0 Å². The van der Waals surface area contributed by atoms with Crippen molar-refractivity contribution in [1.29, 1.82) is 0 Å². The zero-order valence-corrected chi connectivity index (χ0v) is 17.2. The molecule has 2 aromatic heterocycles. The zero-order valence-electron chi connectivity index (χ0n) is 17.2. The number of fused-ring (bicyclic) bond motifs is 1. The molecule has 2 aliphatic rings. The summed E-state index contributed by atoms with van der Waals surface area (Å²) in [7, 11) is 0. The van der Waals surface area contributed by atoms with E-state index in [4.69, 9.17) is 15.1 Å². The predicted molar refractivity (Wildman–Crippen MR) is 116 cm³/mol. The lowest BCUT2D eigenvalue weighted by Gasteiger charge is -2.21. The van der Waals surface area contributed by atoms with Gasteiger partial charge in [0, 0.05) is 17.0 Å². The maximum Gasteiger partial charge on any atom is 0.318 e. The van der Waals surface area contributed by atoms with Crippen molar-refractivity contribution in [3.63, 3.8) is 0 Å². The predicted octanol–water partition coefficient (Wildman–Crippen LogP) is 2.48. The molecule has 2 N–H and O–H groups in total. The molecule has 31 heavy (non-hydrogen) atoms. The highest BCUT2D eigenvalue weighted by atomic mass is 16.5. The molecule has 0 saturated heterocycles. The van der Waals surface area contributed by atoms with Gasteiger partial charge in [-0.1, -0.05) is 30.3 Å². The van der Waals surface area contributed by atoms with Crippen LogP contribution in [0.5, 0.6) is 0 Å². The monoisotopic (exact) mass is 415 g/mol. The highest BCUT2D eigenvalue weighted by Crippen LogP contribution is 2.35. The second-order valence-corrected chi connectivity index (χ2v) is 7.45. The van der Waals surface area contributed by atoms with Gasteiger partial charge < -0.3 is 15.4 Å². The molecular weight excluding hydrogens is 394 g/mol. The highest BCUT2D eigenvalue weighted by Gasteiger charge is 2.44. The molecule has 9 heteroatoms. The SMILES string of the molecule is Cc1cc(C2=C(c3ccccc3)N=C(N)N3CN(Cc4ncco4)[N+]([O-])=C23)cc(C)n1. The number of benzene rings is 1. The molecule has 0 aliphatic carbocycles. The number of amidine groups is 1. The third-order valence-corrected chi connectivity index (χ3v) is 5.18. The Bertz CT molecular complexity index is 1210. The van der Waals surface area contributed by atoms with Gasteiger partial charge in [-0.15, -0.1) is 0 Å². The molecule has 0 radical (unpaired) electrons. The van der Waals surface area contributed by atoms with Gasteiger partial charge in [0.05, 0.1) is 11.9 Å². The molecular formula is C22H21N7O2. The van der Waals surface area contributed by atoms with Gasteiger partial charge in [0.1, 0.15) is 18.4 Å². The van der Waals surface area contributed by atoms with E-state index in [2.05, 4.69) is 9.97 Å². The first-order chi connectivity index (χ1) is 15.0. The van der Waals surface area contributed by atoms with Gasteiger partial charge in [-0.3, -0.25) is 4.98 Å². The van der Waals surface area contributed by atoms with Crippen LogP contribution in [0.1, 0.15) is 28.4 Å². The number of hydrazone groups is 1. The Labute approximate surface area is 179 Å². The third kappa shape index (κ3) is 3.29. The summed E-state index contributed by atoms with van der Waals surface area (Å²) in [6.45, 7) is 4.32. The van der Waals surface area contributed by atoms with Crippen molar-refractivity contribution in [2.75, 3.05) is 6.67 Å². The number of oxazole rings is 1. The number of hydrazine groups is 1. The molecule has 5 rings (SSSR count). The molecule has 0 bridgehead atoms. The molecule has 0 atom stereocenters. The Morgan fingerprint density at radius 2 is 1.87 bits per heavy atom. The minimum absolute atomic E-state index is 0.214. The number of hydrogen-bond acceptors (Lipinski definition) is 8. The number of rotatable bonds is 4. The number of aliphatic imine (C=N–C) groups is 1. The molecule has 9 nitrogen and oxygen atoms in total. The minimum Gasteiger partial charge on any atom is -0.692 e. The molecule has 0 unspecified atom stereocenters. The lowest BCUT2D eigenvalue weighted by molar-refractivity contribution is -0.631. The van der Waals surface area contributed by atoms with Gasteiger partial charge in [-0.2, -0.15) is 19.7 Å². The molecule has 0 saturated carbocycles. The van der Waals surface area contributed by atoms with E-state index in [0.717, 1.165) is 27.4 Å². The number of pyridine rings is 1. The van der Waals surface area contributed by atoms with Gasteiger partial charge in [0.15, 0.2) is 6.67 Å². The second-order valence-electron chi connectivity index (χ2n) is 7.45. The summed E-state index contributed by atoms with van der Waals surface area (Å²) in [5, 5.41) is 15.0. The Hall–Kier alpha value is -4.14. The Morgan fingerprint density at radius 1 is 1.13 bits per heavy atom. The maximum atomic E-state index is 13.5. The molecule has 0 spiro atoms. The highest BCUT2D eigenvalue weighted by molar-refractivity contribution is 6.33. The largest absolute Gasteiger partial charge is 0.692 e. The van der Waals surface area contributed by atoms with Crippen LogP contribution in [-0.4, -0.2) is 43.2 Å². The molecule has 0 fully saturated rings. The van der Waals surface area contributed by atoms with Crippen molar-refractivity contribution >= 4 is 23.1 Å². The average Bonchev–Trinajstić information content (AvgIpc) is 3.37. The van der Waals surface area contributed by atoms with E-state index in [1.807, 2.05) is 56.3 Å². The summed E-state index contributed by atoms with van der Waals surface area (Å²) in [6.07, 6.45) is 3.04. The number of hydrogen-bond donors (Lipinski definition) is 1. The molecule has 4 heterocycles. The van der Waals surface area contributed by atoms with Crippen LogP contribution in [0.3, 0.4) is 0 Å². The Kier molecular flexibility index (Phi) is 4.43. The van der Waals surface area contributed by atoms with E-state index in [-0.39, 0.29) is 19.2 Å². The van der Waals surface area contributed by atoms with Crippen LogP contribution in [0.4, 0.5) is 0 Å². The van der Waals surface area contributed by atoms with Crippen molar-refractivity contribution in [3.8, 4) is 0 Å². The standard InChI is InChI=1S/C22H21N7O2/c1-14-10-17(11-15(2)25-14)19-20(16-6-4-3-5-7-16)26-22(23)28-13-27(29(30)21(19)28)12-18-24-8-9-31-18/h3-11H,12-13H2,1-2H3,(H2,23,26). The van der Waals surface area contributed by atoms with E-state index in [1.54, 1.807) is 16.1 Å². The summed E-state index contributed by atoms with van der Waals surface area (Å²) < 4.78 is 5.33. The summed E-state index contributed by atoms with van der Waals surface area (Å²) in [4.78, 5) is 15.9. The lowest BCUT2D eigenvalue weighted by atomic mass is 9.96. The van der Waals surface area contributed by atoms with Crippen LogP contribution in [0, 0.1) is 19.1 Å². The van der Waals surface area contributed by atoms with E-state index in [1.165, 1.54) is 6.26 Å². The summed E-state index contributed by atoms with van der Waals surface area (Å²) in [5.41, 5.74) is 11.1. The summed E-state index contributed by atoms with van der Waals surface area (Å²) >= 11 is 0. The maximum absolute atomic E-state index is 13.5. The molecule has 1 aromatic carbocycles. The Morgan fingerprint density at radius 3 is 2.55 bits per heavy atom. The first kappa shape index (κ1) is 18.9. The number of nitrogens with two attached hydrogens (primary N) is 1. The van der Waals surface area contributed by atoms with Crippen molar-refractivity contribution in [2.24, 2.45) is 10.7 Å². The number of guanidine groups is 1. The fraction of sp³-hybridized carbons (Fsp3) is 0.182. The average molecular weight is 415 g/mol. The fourth-order valence-electron chi connectivity index (χ4n) is 3.92. The van der Waals surface area contributed by atoms with Crippen LogP contribution >= 0.6 is 0 Å². The Balaban J connectivity index is 1.73. The van der Waals surface area contributed by atoms with Gasteiger partial charge in [0.2, 0.25) is 5.89 Å². The van der Waals surface area contributed by atoms with Crippen molar-refractivity contribution in [3.05, 3.63) is 88.5 Å². The van der Waals surface area contributed by atoms with E-state index < -0.39 is 0 Å². The van der Waals surface area contributed by atoms with E-state index in [9.17, 15) is 5.21 Å². The van der Waals surface area contributed by atoms with Crippen LogP contribution < -0.4 is 5.73 Å². The van der Waals surface area contributed by atoms with Crippen molar-refractivity contribution < 1.29 is 9.26 Å². The van der Waals surface area contributed by atoms with Crippen molar-refractivity contribution in [1.82, 2.24) is 19.9 Å². The van der Waals surface area contributed by atoms with Gasteiger partial charge in [0.25, 0.3) is 5.96 Å². The van der Waals surface area contributed by atoms with Crippen LogP contribution in [-0.2, 0) is 6.54 Å². The molecule has 3 aromatic rings. The topological polar surface area (TPSA) is 110 Å². The van der Waals surface area contributed by atoms with Gasteiger partial charge in [-0.05, 0) is 31.5 Å². The first-order valence-corrected chi connectivity index (χ1v) is 9.86. The van der Waals surface area contributed by atoms with Gasteiger partial charge in [-0.25, -0.2) is 4.98 Å². The minimum atomic E-state index is 0.214. The van der Waals surface area contributed by atoms with Crippen LogP contribution in [0.2, 0.25) is 0 Å². The summed E-state index contributed by atoms with van der Waals surface area (Å²) in [6, 6.07) is 13.6. The van der Waals surface area contributed by atoms with Crippen LogP contribution in [0.15, 0.2) is 64.3 Å². The fourth-order valence-corrected chi connectivity index (χ4v) is 3.92. The van der Waals surface area contributed by atoms with E-state index >= 15 is 0 Å². The molecule has 2 aliphatic heterocycles. The van der Waals surface area contributed by atoms with Crippen molar-refractivity contribution in [2.45, 2.75) is 20.4 Å². The number of aromatic nitrogens is 2.